The zero-order chi connectivity index (χ0) is 9.90. The molecule has 0 aromatic carbocycles. The van der Waals surface area contributed by atoms with Crippen LogP contribution in [0.3, 0.4) is 0 Å². The molecule has 0 aliphatic rings. The van der Waals surface area contributed by atoms with Crippen molar-refractivity contribution in [2.75, 3.05) is 6.54 Å². The molecule has 0 aliphatic carbocycles. The summed E-state index contributed by atoms with van der Waals surface area (Å²) in [4.78, 5) is 0. The summed E-state index contributed by atoms with van der Waals surface area (Å²) in [7, 11) is 0. The predicted molar refractivity (Wildman–Crippen MR) is 45.5 cm³/mol. The van der Waals surface area contributed by atoms with Gasteiger partial charge in [-0.05, 0) is 19.5 Å². The third-order valence-corrected chi connectivity index (χ3v) is 1.80. The number of aromatic nitrogens is 2. The molecule has 74 valence electrons. The Hall–Kier alpha value is -0.970. The van der Waals surface area contributed by atoms with Gasteiger partial charge < -0.3 is 5.73 Å². The molecule has 0 saturated heterocycles. The summed E-state index contributed by atoms with van der Waals surface area (Å²) in [5.74, 6) is -2.89. The molecule has 1 aromatic heterocycles. The van der Waals surface area contributed by atoms with Gasteiger partial charge in [0.25, 0.3) is 5.92 Å². The summed E-state index contributed by atoms with van der Waals surface area (Å²) >= 11 is 0. The second kappa shape index (κ2) is 3.83. The van der Waals surface area contributed by atoms with E-state index in [0.717, 1.165) is 0 Å². The maximum atomic E-state index is 13.2. The van der Waals surface area contributed by atoms with E-state index in [-0.39, 0.29) is 18.7 Å². The van der Waals surface area contributed by atoms with Crippen LogP contribution in [0, 0.1) is 0 Å². The lowest BCUT2D eigenvalue weighted by Gasteiger charge is -2.11. The first-order chi connectivity index (χ1) is 6.10. The van der Waals surface area contributed by atoms with Gasteiger partial charge in [-0.15, -0.1) is 0 Å². The van der Waals surface area contributed by atoms with Gasteiger partial charge in [0.05, 0.1) is 0 Å². The number of hydrogen-bond acceptors (Lipinski definition) is 2. The van der Waals surface area contributed by atoms with Crippen LogP contribution >= 0.6 is 0 Å². The van der Waals surface area contributed by atoms with Crippen molar-refractivity contribution in [1.82, 2.24) is 9.78 Å². The molecule has 0 atom stereocenters. The number of nitrogens with zero attached hydrogens (tertiary/aromatic N) is 2. The van der Waals surface area contributed by atoms with Crippen LogP contribution in [0.5, 0.6) is 0 Å². The molecule has 13 heavy (non-hydrogen) atoms. The molecule has 2 N–H and O–H groups in total. The maximum Gasteiger partial charge on any atom is 0.292 e. The van der Waals surface area contributed by atoms with Crippen LogP contribution in [-0.4, -0.2) is 16.3 Å². The SMILES string of the molecule is CCn1ccc(C(F)(F)CCN)n1. The van der Waals surface area contributed by atoms with E-state index in [0.29, 0.717) is 6.54 Å². The average molecular weight is 189 g/mol. The molecule has 0 spiro atoms. The van der Waals surface area contributed by atoms with Gasteiger partial charge >= 0.3 is 0 Å². The topological polar surface area (TPSA) is 43.8 Å². The highest BCUT2D eigenvalue weighted by Gasteiger charge is 2.32. The van der Waals surface area contributed by atoms with E-state index in [1.807, 2.05) is 6.92 Å². The molecule has 0 amide bonds. The molecule has 0 saturated carbocycles. The summed E-state index contributed by atoms with van der Waals surface area (Å²) in [6.07, 6.45) is 1.19. The fourth-order valence-corrected chi connectivity index (χ4v) is 1.04. The highest BCUT2D eigenvalue weighted by atomic mass is 19.3. The lowest BCUT2D eigenvalue weighted by Crippen LogP contribution is -2.19. The number of aryl methyl sites for hydroxylation is 1. The Morgan fingerprint density at radius 3 is 2.77 bits per heavy atom. The molecular weight excluding hydrogens is 176 g/mol. The van der Waals surface area contributed by atoms with Gasteiger partial charge in [0, 0.05) is 19.2 Å². The van der Waals surface area contributed by atoms with Crippen molar-refractivity contribution < 1.29 is 8.78 Å². The van der Waals surface area contributed by atoms with Crippen LogP contribution in [0.1, 0.15) is 19.0 Å². The molecule has 0 fully saturated rings. The van der Waals surface area contributed by atoms with E-state index in [2.05, 4.69) is 5.10 Å². The molecule has 0 bridgehead atoms. The van der Waals surface area contributed by atoms with E-state index in [9.17, 15) is 8.78 Å². The zero-order valence-corrected chi connectivity index (χ0v) is 7.50. The van der Waals surface area contributed by atoms with Gasteiger partial charge in [-0.3, -0.25) is 4.68 Å². The first-order valence-corrected chi connectivity index (χ1v) is 4.22. The molecule has 0 aliphatic heterocycles. The number of alkyl halides is 2. The van der Waals surface area contributed by atoms with Gasteiger partial charge in [-0.25, -0.2) is 0 Å². The number of rotatable bonds is 4. The first-order valence-electron chi connectivity index (χ1n) is 4.22. The highest BCUT2D eigenvalue weighted by Crippen LogP contribution is 2.29. The zero-order valence-electron chi connectivity index (χ0n) is 7.50. The second-order valence-electron chi connectivity index (χ2n) is 2.80. The number of halogens is 2. The summed E-state index contributed by atoms with van der Waals surface area (Å²) in [5, 5.41) is 3.73. The Balaban J connectivity index is 2.80. The van der Waals surface area contributed by atoms with Crippen LogP contribution in [0.15, 0.2) is 12.3 Å². The Morgan fingerprint density at radius 1 is 1.62 bits per heavy atom. The molecule has 0 radical (unpaired) electrons. The lowest BCUT2D eigenvalue weighted by atomic mass is 10.2. The van der Waals surface area contributed by atoms with E-state index >= 15 is 0 Å². The predicted octanol–water partition coefficient (Wildman–Crippen LogP) is 1.34. The van der Waals surface area contributed by atoms with Crippen molar-refractivity contribution in [3.63, 3.8) is 0 Å². The summed E-state index contributed by atoms with van der Waals surface area (Å²) in [5.41, 5.74) is 4.88. The maximum absolute atomic E-state index is 13.2. The average Bonchev–Trinajstić information content (AvgIpc) is 2.52. The smallest absolute Gasteiger partial charge is 0.292 e. The summed E-state index contributed by atoms with van der Waals surface area (Å²) < 4.78 is 27.8. The Labute approximate surface area is 75.5 Å². The van der Waals surface area contributed by atoms with E-state index < -0.39 is 5.92 Å². The Morgan fingerprint density at radius 2 is 2.31 bits per heavy atom. The second-order valence-corrected chi connectivity index (χ2v) is 2.80. The van der Waals surface area contributed by atoms with Crippen molar-refractivity contribution in [2.24, 2.45) is 5.73 Å². The normalized spacial score (nSPS) is 12.0. The van der Waals surface area contributed by atoms with Gasteiger partial charge in [0.15, 0.2) is 0 Å². The van der Waals surface area contributed by atoms with Crippen molar-refractivity contribution in [2.45, 2.75) is 25.8 Å². The minimum absolute atomic E-state index is 0.0357. The highest BCUT2D eigenvalue weighted by molar-refractivity contribution is 5.06. The lowest BCUT2D eigenvalue weighted by molar-refractivity contribution is -0.0157. The van der Waals surface area contributed by atoms with Crippen LogP contribution in [0.25, 0.3) is 0 Å². The van der Waals surface area contributed by atoms with Gasteiger partial charge in [0.1, 0.15) is 5.69 Å². The van der Waals surface area contributed by atoms with E-state index in [1.165, 1.54) is 10.7 Å². The molecule has 5 heteroatoms. The number of hydrogen-bond donors (Lipinski definition) is 1. The van der Waals surface area contributed by atoms with Crippen molar-refractivity contribution in [3.8, 4) is 0 Å². The minimum Gasteiger partial charge on any atom is -0.330 e. The van der Waals surface area contributed by atoms with Crippen LogP contribution in [0.2, 0.25) is 0 Å². The Kier molecular flexibility index (Phi) is 2.98. The van der Waals surface area contributed by atoms with Crippen molar-refractivity contribution in [3.05, 3.63) is 18.0 Å². The fraction of sp³-hybridized carbons (Fsp3) is 0.625. The third kappa shape index (κ3) is 2.24. The van der Waals surface area contributed by atoms with E-state index in [1.54, 1.807) is 6.20 Å². The Bertz CT molecular complexity index is 270. The van der Waals surface area contributed by atoms with Crippen LogP contribution in [-0.2, 0) is 12.5 Å². The number of nitrogens with two attached hydrogens (primary N) is 1. The standard InChI is InChI=1S/C8H13F2N3/c1-2-13-6-3-7(12-13)8(9,10)4-5-11/h3,6H,2,4-5,11H2,1H3. The van der Waals surface area contributed by atoms with Crippen LogP contribution in [0.4, 0.5) is 8.78 Å². The largest absolute Gasteiger partial charge is 0.330 e. The van der Waals surface area contributed by atoms with Gasteiger partial charge in [-0.2, -0.15) is 13.9 Å². The molecule has 1 heterocycles. The van der Waals surface area contributed by atoms with Gasteiger partial charge in [0.2, 0.25) is 0 Å². The summed E-state index contributed by atoms with van der Waals surface area (Å²) in [6.45, 7) is 2.41. The van der Waals surface area contributed by atoms with Gasteiger partial charge in [-0.1, -0.05) is 0 Å². The first kappa shape index (κ1) is 10.1. The van der Waals surface area contributed by atoms with Crippen molar-refractivity contribution in [1.29, 1.82) is 0 Å². The quantitative estimate of drug-likeness (QED) is 0.776. The molecular formula is C8H13F2N3. The summed E-state index contributed by atoms with van der Waals surface area (Å²) in [6, 6.07) is 1.33. The van der Waals surface area contributed by atoms with Crippen LogP contribution < -0.4 is 5.73 Å². The molecule has 1 rings (SSSR count). The fourth-order valence-electron chi connectivity index (χ4n) is 1.04. The molecule has 1 aromatic rings. The van der Waals surface area contributed by atoms with Crippen molar-refractivity contribution >= 4 is 0 Å². The third-order valence-electron chi connectivity index (χ3n) is 1.80. The minimum atomic E-state index is -2.89. The van der Waals surface area contributed by atoms with E-state index in [4.69, 9.17) is 5.73 Å². The molecule has 0 unspecified atom stereocenters. The monoisotopic (exact) mass is 189 g/mol. The molecule has 3 nitrogen and oxygen atoms in total.